The molecule has 0 N–H and O–H groups in total. The van der Waals surface area contributed by atoms with E-state index in [-0.39, 0.29) is 0 Å². The molecule has 30 aromatic rings. The van der Waals surface area contributed by atoms with Gasteiger partial charge in [0.15, 0.2) is 11.6 Å². The Morgan fingerprint density at radius 1 is 0.100 bits per heavy atom. The Hall–Kier alpha value is -20.2. The van der Waals surface area contributed by atoms with Crippen LogP contribution in [0.5, 0.6) is 0 Å². The summed E-state index contributed by atoms with van der Waals surface area (Å²) in [5.74, 6) is 1.41. The van der Waals surface area contributed by atoms with Crippen molar-refractivity contribution in [3.63, 3.8) is 0 Å². The molecule has 150 heavy (non-hydrogen) atoms. The van der Waals surface area contributed by atoms with E-state index < -0.39 is 0 Å². The molecule has 0 spiro atoms. The average Bonchev–Trinajstić information content (AvgIpc) is 1.58. The monoisotopic (exact) mass is 1910 g/mol. The van der Waals surface area contributed by atoms with E-state index in [2.05, 4.69) is 549 Å². The van der Waals surface area contributed by atoms with E-state index in [1.165, 1.54) is 142 Å². The fraction of sp³-hybridized carbons (Fsp3) is 0. The quantitative estimate of drug-likeness (QED) is 0.102. The average molecular weight is 1910 g/mol. The van der Waals surface area contributed by atoms with Crippen LogP contribution < -0.4 is 0 Å². The molecule has 10 heteroatoms. The second-order valence-corrected chi connectivity index (χ2v) is 38.3. The maximum Gasteiger partial charge on any atom is 0.160 e. The smallest absolute Gasteiger partial charge is 0.160 e. The molecule has 0 saturated heterocycles. The molecule has 0 saturated carbocycles. The van der Waals surface area contributed by atoms with Gasteiger partial charge in [-0.25, -0.2) is 19.9 Å². The van der Waals surface area contributed by atoms with Crippen LogP contribution in [0.15, 0.2) is 558 Å². The summed E-state index contributed by atoms with van der Waals surface area (Å²) in [6, 6.07) is 199. The molecule has 8 aromatic heterocycles. The second kappa shape index (κ2) is 37.2. The molecule has 0 aliphatic heterocycles. The summed E-state index contributed by atoms with van der Waals surface area (Å²) < 4.78 is 14.4. The minimum Gasteiger partial charge on any atom is -0.309 e. The third kappa shape index (κ3) is 15.5. The summed E-state index contributed by atoms with van der Waals surface area (Å²) in [5, 5.41) is 14.9. The minimum absolute atomic E-state index is 0.695. The zero-order valence-corrected chi connectivity index (χ0v) is 81.6. The Balaban J connectivity index is 0.000000109. The molecule has 8 heterocycles. The van der Waals surface area contributed by atoms with Crippen LogP contribution in [-0.2, 0) is 0 Å². The van der Waals surface area contributed by atoms with Gasteiger partial charge in [-0.2, -0.15) is 0 Å². The SMILES string of the molecule is c1ccc(-c2cc(-c3cccc(-n4c5ccccc5c5cc(-n6c7ccccc7c7ccccc76)ccc54)c3)nc(-c3ccccc3)n2)cc1.c1ccc(-c2cc(-c3ccccc3)cc(-n3c4ccccc4c4cc(-n5c6ccccc6c6ccccc65)ccc43)c2)cc1.c1ccc(-c2ccc(-c3nc(-c4ccccc4)cc(-c4cccc(-n5c6ccccc6c6cc(-n7c8ccccc8c8ccccc87)ccc65)c4)n3)cc2)cc1. The highest BCUT2D eigenvalue weighted by Gasteiger charge is 2.25. The van der Waals surface area contributed by atoms with Crippen LogP contribution in [-0.4, -0.2) is 47.3 Å². The molecule has 0 amide bonds. The van der Waals surface area contributed by atoms with E-state index in [1.54, 1.807) is 0 Å². The lowest BCUT2D eigenvalue weighted by Crippen LogP contribution is -1.98. The molecule has 0 atom stereocenters. The van der Waals surface area contributed by atoms with Crippen LogP contribution in [0.4, 0.5) is 0 Å². The molecule has 10 nitrogen and oxygen atoms in total. The molecule has 702 valence electrons. The van der Waals surface area contributed by atoms with E-state index in [9.17, 15) is 0 Å². The van der Waals surface area contributed by atoms with E-state index in [1.807, 2.05) is 36.4 Å². The van der Waals surface area contributed by atoms with Crippen LogP contribution in [0.2, 0.25) is 0 Å². The van der Waals surface area contributed by atoms with Gasteiger partial charge in [0.2, 0.25) is 0 Å². The number of aromatic nitrogens is 10. The fourth-order valence-corrected chi connectivity index (χ4v) is 22.7. The maximum absolute atomic E-state index is 5.22. The van der Waals surface area contributed by atoms with Crippen molar-refractivity contribution in [3.05, 3.63) is 558 Å². The normalized spacial score (nSPS) is 11.6. The fourth-order valence-electron chi connectivity index (χ4n) is 22.7. The van der Waals surface area contributed by atoms with E-state index >= 15 is 0 Å². The molecular formula is C140H92N10. The molecule has 0 radical (unpaired) electrons. The van der Waals surface area contributed by atoms with Gasteiger partial charge in [-0.05, 0) is 197 Å². The third-order valence-electron chi connectivity index (χ3n) is 29.5. The number of benzene rings is 22. The lowest BCUT2D eigenvalue weighted by atomic mass is 9.98. The largest absolute Gasteiger partial charge is 0.309 e. The highest BCUT2D eigenvalue weighted by atomic mass is 15.0. The molecule has 0 unspecified atom stereocenters. The Kier molecular flexibility index (Phi) is 21.7. The summed E-state index contributed by atoms with van der Waals surface area (Å²) in [5.41, 5.74) is 37.9. The Morgan fingerprint density at radius 3 is 0.573 bits per heavy atom. The summed E-state index contributed by atoms with van der Waals surface area (Å²) in [4.78, 5) is 20.4. The number of hydrogen-bond donors (Lipinski definition) is 0. The minimum atomic E-state index is 0.695. The summed E-state index contributed by atoms with van der Waals surface area (Å²) in [7, 11) is 0. The Labute approximate surface area is 865 Å². The van der Waals surface area contributed by atoms with Gasteiger partial charge < -0.3 is 27.4 Å². The van der Waals surface area contributed by atoms with Gasteiger partial charge in [0.1, 0.15) is 0 Å². The predicted octanol–water partition coefficient (Wildman–Crippen LogP) is 36.2. The van der Waals surface area contributed by atoms with Gasteiger partial charge in [-0.1, -0.05) is 394 Å². The first kappa shape index (κ1) is 87.6. The van der Waals surface area contributed by atoms with Crippen LogP contribution in [0, 0.1) is 0 Å². The third-order valence-corrected chi connectivity index (χ3v) is 29.5. The zero-order valence-electron chi connectivity index (χ0n) is 81.6. The molecule has 22 aromatic carbocycles. The summed E-state index contributed by atoms with van der Waals surface area (Å²) >= 11 is 0. The molecule has 0 aliphatic rings. The van der Waals surface area contributed by atoms with Crippen molar-refractivity contribution in [2.24, 2.45) is 0 Å². The Morgan fingerprint density at radius 2 is 0.287 bits per heavy atom. The summed E-state index contributed by atoms with van der Waals surface area (Å²) in [6.07, 6.45) is 0. The number of nitrogens with zero attached hydrogens (tertiary/aromatic N) is 10. The van der Waals surface area contributed by atoms with Gasteiger partial charge in [-0.3, -0.25) is 0 Å². The second-order valence-electron chi connectivity index (χ2n) is 38.3. The van der Waals surface area contributed by atoms with Crippen molar-refractivity contribution in [3.8, 4) is 135 Å². The first-order valence-corrected chi connectivity index (χ1v) is 51.0. The Bertz CT molecular complexity index is 10200. The zero-order chi connectivity index (χ0) is 99.1. The molecule has 30 rings (SSSR count). The lowest BCUT2D eigenvalue weighted by Gasteiger charge is -2.14. The van der Waals surface area contributed by atoms with Gasteiger partial charge >= 0.3 is 0 Å². The highest BCUT2D eigenvalue weighted by Crippen LogP contribution is 2.46. The van der Waals surface area contributed by atoms with Gasteiger partial charge in [-0.15, -0.1) is 0 Å². The number of fused-ring (bicyclic) bond motifs is 18. The standard InChI is InChI=1S/C52H34N4.C46H30N4.C42H28N2/c1-3-14-35(15-4-1)36-26-28-38(29-27-36)52-53-46(37-16-5-2-6-17-37)34-47(54-52)39-18-13-19-40(32-39)55-50-25-12-9-22-44(50)45-33-41(30-31-51(45)55)56-48-23-10-7-20-42(48)43-21-8-11-24-49(43)56;1-3-14-31(15-4-1)40-30-41(48-46(47-40)32-16-5-2-6-17-32)33-18-13-19-34(28-33)49-44-25-12-9-22-38(44)39-29-35(26-27-45(39)49)50-42-23-10-7-20-36(42)37-21-8-11-24-43(37)50;1-3-13-29(14-4-1)31-25-32(30-15-5-2-6-16-30)27-34(26-31)44-41-22-12-9-19-37(41)38-28-33(23-24-42(38)44)43-39-20-10-7-17-35(39)36-18-8-11-21-40(36)43/h1-34H;1-30H;1-28H. The van der Waals surface area contributed by atoms with Crippen molar-refractivity contribution in [1.29, 1.82) is 0 Å². The van der Waals surface area contributed by atoms with Crippen molar-refractivity contribution in [2.45, 2.75) is 0 Å². The van der Waals surface area contributed by atoms with Crippen molar-refractivity contribution >= 4 is 131 Å². The number of hydrogen-bond acceptors (Lipinski definition) is 4. The number of para-hydroxylation sites is 9. The number of rotatable bonds is 15. The molecule has 0 bridgehead atoms. The highest BCUT2D eigenvalue weighted by molar-refractivity contribution is 6.17. The van der Waals surface area contributed by atoms with Gasteiger partial charge in [0, 0.05) is 132 Å². The van der Waals surface area contributed by atoms with Crippen molar-refractivity contribution in [2.75, 3.05) is 0 Å². The predicted molar refractivity (Wildman–Crippen MR) is 625 cm³/mol. The molecule has 0 fully saturated rings. The van der Waals surface area contributed by atoms with Crippen LogP contribution in [0.3, 0.4) is 0 Å². The lowest BCUT2D eigenvalue weighted by molar-refractivity contribution is 1.16. The first-order chi connectivity index (χ1) is 74.4. The van der Waals surface area contributed by atoms with Gasteiger partial charge in [0.05, 0.1) is 89.0 Å². The van der Waals surface area contributed by atoms with Crippen LogP contribution in [0.25, 0.3) is 266 Å². The molecule has 0 aliphatic carbocycles. The van der Waals surface area contributed by atoms with Gasteiger partial charge in [0.25, 0.3) is 0 Å². The maximum atomic E-state index is 5.22. The van der Waals surface area contributed by atoms with E-state index in [0.717, 1.165) is 112 Å². The summed E-state index contributed by atoms with van der Waals surface area (Å²) in [6.45, 7) is 0. The van der Waals surface area contributed by atoms with E-state index in [0.29, 0.717) is 11.6 Å². The van der Waals surface area contributed by atoms with Crippen LogP contribution in [0.1, 0.15) is 0 Å². The van der Waals surface area contributed by atoms with Crippen molar-refractivity contribution < 1.29 is 0 Å². The van der Waals surface area contributed by atoms with Crippen LogP contribution >= 0.6 is 0 Å². The van der Waals surface area contributed by atoms with Crippen molar-refractivity contribution in [1.82, 2.24) is 47.3 Å². The molecular weight excluding hydrogens is 1820 g/mol. The van der Waals surface area contributed by atoms with E-state index in [4.69, 9.17) is 19.9 Å². The first-order valence-electron chi connectivity index (χ1n) is 51.0. The topological polar surface area (TPSA) is 81.1 Å².